The number of hydrogen-bond acceptors (Lipinski definition) is 4. The van der Waals surface area contributed by atoms with E-state index in [-0.39, 0.29) is 0 Å². The van der Waals surface area contributed by atoms with E-state index in [9.17, 15) is 0 Å². The summed E-state index contributed by atoms with van der Waals surface area (Å²) in [5, 5.41) is 3.83. The summed E-state index contributed by atoms with van der Waals surface area (Å²) in [5.74, 6) is 1.21. The van der Waals surface area contributed by atoms with Gasteiger partial charge in [-0.05, 0) is 18.1 Å². The molecule has 4 nitrogen and oxygen atoms in total. The van der Waals surface area contributed by atoms with Crippen LogP contribution < -0.4 is 5.73 Å². The first-order chi connectivity index (χ1) is 8.24. The smallest absolute Gasteiger partial charge is 0.175 e. The Labute approximate surface area is 100 Å². The van der Waals surface area contributed by atoms with E-state index < -0.39 is 0 Å². The van der Waals surface area contributed by atoms with Gasteiger partial charge in [-0.1, -0.05) is 29.4 Å². The van der Waals surface area contributed by atoms with Gasteiger partial charge in [0.2, 0.25) is 0 Å². The molecular formula is C13H16N2O2. The quantitative estimate of drug-likeness (QED) is 0.879. The van der Waals surface area contributed by atoms with Crippen molar-refractivity contribution in [2.75, 3.05) is 19.5 Å². The lowest BCUT2D eigenvalue weighted by molar-refractivity contribution is 0.193. The first-order valence-corrected chi connectivity index (χ1v) is 5.53. The van der Waals surface area contributed by atoms with Gasteiger partial charge in [0.1, 0.15) is 5.76 Å². The fraction of sp³-hybridized carbons (Fsp3) is 0.308. The van der Waals surface area contributed by atoms with Crippen LogP contribution in [0.5, 0.6) is 0 Å². The summed E-state index contributed by atoms with van der Waals surface area (Å²) in [5.41, 5.74) is 8.98. The van der Waals surface area contributed by atoms with Gasteiger partial charge >= 0.3 is 0 Å². The average Bonchev–Trinajstić information content (AvgIpc) is 2.69. The van der Waals surface area contributed by atoms with Crippen LogP contribution in [-0.4, -0.2) is 18.9 Å². The number of nitrogens with zero attached hydrogens (tertiary/aromatic N) is 1. The summed E-state index contributed by atoms with van der Waals surface area (Å²) in [6, 6.07) is 8.04. The molecule has 17 heavy (non-hydrogen) atoms. The Bertz CT molecular complexity index is 506. The zero-order valence-electron chi connectivity index (χ0n) is 10.1. The molecule has 0 unspecified atom stereocenters. The van der Waals surface area contributed by atoms with Crippen molar-refractivity contribution in [3.8, 4) is 11.1 Å². The van der Waals surface area contributed by atoms with Crippen molar-refractivity contribution in [1.29, 1.82) is 0 Å². The van der Waals surface area contributed by atoms with Crippen LogP contribution in [0.1, 0.15) is 11.3 Å². The van der Waals surface area contributed by atoms with Crippen LogP contribution >= 0.6 is 0 Å². The fourth-order valence-electron chi connectivity index (χ4n) is 1.85. The number of rotatable bonds is 4. The highest BCUT2D eigenvalue weighted by atomic mass is 16.5. The summed E-state index contributed by atoms with van der Waals surface area (Å²) < 4.78 is 10.3. The lowest BCUT2D eigenvalue weighted by Gasteiger charge is -2.05. The van der Waals surface area contributed by atoms with E-state index in [1.807, 2.05) is 31.2 Å². The van der Waals surface area contributed by atoms with Crippen LogP contribution in [0.4, 0.5) is 5.82 Å². The Morgan fingerprint density at radius 2 is 2.12 bits per heavy atom. The van der Waals surface area contributed by atoms with Crippen LogP contribution in [0.3, 0.4) is 0 Å². The van der Waals surface area contributed by atoms with Gasteiger partial charge in [0, 0.05) is 13.5 Å². The van der Waals surface area contributed by atoms with Crippen molar-refractivity contribution in [3.63, 3.8) is 0 Å². The second kappa shape index (κ2) is 5.01. The van der Waals surface area contributed by atoms with Gasteiger partial charge in [-0.3, -0.25) is 0 Å². The maximum Gasteiger partial charge on any atom is 0.175 e. The monoisotopic (exact) mass is 232 g/mol. The average molecular weight is 232 g/mol. The van der Waals surface area contributed by atoms with Crippen molar-refractivity contribution < 1.29 is 9.26 Å². The van der Waals surface area contributed by atoms with Gasteiger partial charge in [-0.2, -0.15) is 0 Å². The number of aromatic nitrogens is 1. The first kappa shape index (κ1) is 11.7. The predicted octanol–water partition coefficient (Wildman–Crippen LogP) is 2.42. The summed E-state index contributed by atoms with van der Waals surface area (Å²) >= 11 is 0. The molecule has 90 valence electrons. The predicted molar refractivity (Wildman–Crippen MR) is 66.7 cm³/mol. The van der Waals surface area contributed by atoms with Crippen molar-refractivity contribution in [2.45, 2.75) is 13.3 Å². The molecule has 2 aromatic rings. The molecule has 0 bridgehead atoms. The highest BCUT2D eigenvalue weighted by Gasteiger charge is 2.16. The first-order valence-electron chi connectivity index (χ1n) is 5.53. The van der Waals surface area contributed by atoms with E-state index in [1.165, 1.54) is 0 Å². The van der Waals surface area contributed by atoms with E-state index in [0.29, 0.717) is 18.8 Å². The van der Waals surface area contributed by atoms with Crippen molar-refractivity contribution in [1.82, 2.24) is 5.16 Å². The normalized spacial score (nSPS) is 10.7. The maximum absolute atomic E-state index is 5.87. The van der Waals surface area contributed by atoms with E-state index in [0.717, 1.165) is 22.5 Å². The molecule has 1 heterocycles. The number of methoxy groups -OCH3 is 1. The molecule has 0 spiro atoms. The van der Waals surface area contributed by atoms with Gasteiger partial charge in [0.25, 0.3) is 0 Å². The Hall–Kier alpha value is -1.81. The number of nitrogens with two attached hydrogens (primary N) is 1. The Kier molecular flexibility index (Phi) is 3.44. The van der Waals surface area contributed by atoms with Crippen LogP contribution in [0.15, 0.2) is 28.8 Å². The molecule has 0 saturated carbocycles. The Morgan fingerprint density at radius 1 is 1.35 bits per heavy atom. The molecule has 0 fully saturated rings. The summed E-state index contributed by atoms with van der Waals surface area (Å²) in [6.07, 6.45) is 0.671. The van der Waals surface area contributed by atoms with Crippen LogP contribution in [0.2, 0.25) is 0 Å². The molecule has 0 amide bonds. The minimum Gasteiger partial charge on any atom is -0.384 e. The standard InChI is InChI=1S/C13H16N2O2/c1-9-5-3-4-6-10(9)12-11(7-8-16-2)17-15-13(12)14/h3-6H,7-8H2,1-2H3,(H2,14,15). The molecule has 2 N–H and O–H groups in total. The molecule has 0 radical (unpaired) electrons. The summed E-state index contributed by atoms with van der Waals surface area (Å²) in [6.45, 7) is 2.63. The number of ether oxygens (including phenoxy) is 1. The molecule has 0 aliphatic carbocycles. The highest BCUT2D eigenvalue weighted by molar-refractivity contribution is 5.77. The van der Waals surface area contributed by atoms with Gasteiger partial charge in [-0.25, -0.2) is 0 Å². The van der Waals surface area contributed by atoms with Gasteiger partial charge in [0.15, 0.2) is 5.82 Å². The Balaban J connectivity index is 2.44. The molecule has 0 aliphatic rings. The fourth-order valence-corrected chi connectivity index (χ4v) is 1.85. The molecular weight excluding hydrogens is 216 g/mol. The third-order valence-electron chi connectivity index (χ3n) is 2.74. The summed E-state index contributed by atoms with van der Waals surface area (Å²) in [4.78, 5) is 0. The summed E-state index contributed by atoms with van der Waals surface area (Å²) in [7, 11) is 1.66. The Morgan fingerprint density at radius 3 is 2.82 bits per heavy atom. The van der Waals surface area contributed by atoms with Gasteiger partial charge in [-0.15, -0.1) is 0 Å². The number of nitrogen functional groups attached to an aromatic ring is 1. The third-order valence-corrected chi connectivity index (χ3v) is 2.74. The van der Waals surface area contributed by atoms with Gasteiger partial charge in [0.05, 0.1) is 12.2 Å². The SMILES string of the molecule is COCCc1onc(N)c1-c1ccccc1C. The lowest BCUT2D eigenvalue weighted by Crippen LogP contribution is -1.97. The topological polar surface area (TPSA) is 61.3 Å². The molecule has 0 aliphatic heterocycles. The number of benzene rings is 1. The van der Waals surface area contributed by atoms with Crippen LogP contribution in [-0.2, 0) is 11.2 Å². The van der Waals surface area contributed by atoms with Crippen LogP contribution in [0, 0.1) is 6.92 Å². The number of aryl methyl sites for hydroxylation is 1. The largest absolute Gasteiger partial charge is 0.384 e. The molecule has 1 aromatic carbocycles. The third kappa shape index (κ3) is 2.31. The minimum absolute atomic E-state index is 0.436. The second-order valence-electron chi connectivity index (χ2n) is 3.92. The second-order valence-corrected chi connectivity index (χ2v) is 3.92. The molecule has 2 rings (SSSR count). The number of anilines is 1. The molecule has 1 aromatic heterocycles. The zero-order valence-corrected chi connectivity index (χ0v) is 10.1. The number of hydrogen-bond donors (Lipinski definition) is 1. The van der Waals surface area contributed by atoms with Crippen molar-refractivity contribution >= 4 is 5.82 Å². The maximum atomic E-state index is 5.87. The van der Waals surface area contributed by atoms with Crippen molar-refractivity contribution in [3.05, 3.63) is 35.6 Å². The minimum atomic E-state index is 0.436. The van der Waals surface area contributed by atoms with Crippen LogP contribution in [0.25, 0.3) is 11.1 Å². The molecule has 0 atom stereocenters. The van der Waals surface area contributed by atoms with Gasteiger partial charge < -0.3 is 15.0 Å². The van der Waals surface area contributed by atoms with Crippen molar-refractivity contribution in [2.24, 2.45) is 0 Å². The van der Waals surface area contributed by atoms with E-state index >= 15 is 0 Å². The van der Waals surface area contributed by atoms with E-state index in [1.54, 1.807) is 7.11 Å². The van der Waals surface area contributed by atoms with E-state index in [2.05, 4.69) is 5.16 Å². The lowest BCUT2D eigenvalue weighted by atomic mass is 10.00. The molecule has 4 heteroatoms. The van der Waals surface area contributed by atoms with E-state index in [4.69, 9.17) is 15.0 Å². The zero-order chi connectivity index (χ0) is 12.3. The molecule has 0 saturated heterocycles. The highest BCUT2D eigenvalue weighted by Crippen LogP contribution is 2.32.